The van der Waals surface area contributed by atoms with Crippen molar-refractivity contribution in [3.05, 3.63) is 118 Å². The summed E-state index contributed by atoms with van der Waals surface area (Å²) in [6, 6.07) is 26.6. The van der Waals surface area contributed by atoms with Crippen molar-refractivity contribution in [2.75, 3.05) is 13.2 Å². The second kappa shape index (κ2) is 16.2. The van der Waals surface area contributed by atoms with Crippen molar-refractivity contribution in [2.45, 2.75) is 122 Å². The number of rotatable bonds is 16. The number of carbonyl (C=O) groups is 2. The highest BCUT2D eigenvalue weighted by Gasteiger charge is 2.56. The summed E-state index contributed by atoms with van der Waals surface area (Å²) in [6.45, 7) is 14.9. The predicted molar refractivity (Wildman–Crippen MR) is 211 cm³/mol. The summed E-state index contributed by atoms with van der Waals surface area (Å²) in [7, 11) is 0. The molecule has 0 N–H and O–H groups in total. The molecule has 1 atom stereocenters. The highest BCUT2D eigenvalue weighted by molar-refractivity contribution is 5.92. The summed E-state index contributed by atoms with van der Waals surface area (Å²) in [5.74, 6) is 1.71. The molecule has 0 radical (unpaired) electrons. The van der Waals surface area contributed by atoms with E-state index in [0.717, 1.165) is 61.2 Å². The number of hydrogen-bond acceptors (Lipinski definition) is 6. The molecule has 0 saturated heterocycles. The molecular weight excluding hydrogens is 661 g/mol. The number of ether oxygens (including phenoxy) is 4. The van der Waals surface area contributed by atoms with Gasteiger partial charge in [0, 0.05) is 5.41 Å². The van der Waals surface area contributed by atoms with Crippen LogP contribution in [-0.4, -0.2) is 25.2 Å². The predicted octanol–water partition coefficient (Wildman–Crippen LogP) is 11.7. The second-order valence-corrected chi connectivity index (χ2v) is 16.3. The van der Waals surface area contributed by atoms with Crippen molar-refractivity contribution >= 4 is 11.9 Å². The molecule has 6 heteroatoms. The average Bonchev–Trinajstić information content (AvgIpc) is 3.51. The minimum absolute atomic E-state index is 0.127. The van der Waals surface area contributed by atoms with Gasteiger partial charge >= 0.3 is 11.9 Å². The zero-order chi connectivity index (χ0) is 37.6. The van der Waals surface area contributed by atoms with Crippen molar-refractivity contribution in [1.82, 2.24) is 0 Å². The summed E-state index contributed by atoms with van der Waals surface area (Å²) < 4.78 is 23.6. The molecule has 2 aliphatic carbocycles. The van der Waals surface area contributed by atoms with E-state index >= 15 is 0 Å². The van der Waals surface area contributed by atoms with Crippen LogP contribution in [0.1, 0.15) is 149 Å². The van der Waals surface area contributed by atoms with Crippen molar-refractivity contribution < 1.29 is 28.5 Å². The first-order chi connectivity index (χ1) is 25.5. The molecule has 0 bridgehead atoms. The van der Waals surface area contributed by atoms with Gasteiger partial charge in [0.25, 0.3) is 0 Å². The maximum atomic E-state index is 13.6. The minimum atomic E-state index is -0.408. The van der Waals surface area contributed by atoms with Crippen molar-refractivity contribution in [2.24, 2.45) is 0 Å². The molecule has 6 nitrogen and oxygen atoms in total. The van der Waals surface area contributed by atoms with Gasteiger partial charge in [-0.2, -0.15) is 0 Å². The van der Waals surface area contributed by atoms with Crippen LogP contribution in [0, 0.1) is 0 Å². The fourth-order valence-electron chi connectivity index (χ4n) is 8.58. The number of esters is 2. The first-order valence-electron chi connectivity index (χ1n) is 19.7. The third kappa shape index (κ3) is 8.48. The summed E-state index contributed by atoms with van der Waals surface area (Å²) >= 11 is 0. The van der Waals surface area contributed by atoms with Crippen LogP contribution in [0.4, 0.5) is 0 Å². The highest BCUT2D eigenvalue weighted by atomic mass is 16.5. The molecule has 0 aromatic heterocycles. The van der Waals surface area contributed by atoms with Crippen LogP contribution < -0.4 is 18.9 Å². The van der Waals surface area contributed by atoms with E-state index in [1.54, 1.807) is 24.3 Å². The first-order valence-corrected chi connectivity index (χ1v) is 19.7. The summed E-state index contributed by atoms with van der Waals surface area (Å²) in [5.41, 5.74) is 5.13. The van der Waals surface area contributed by atoms with Crippen LogP contribution in [0.3, 0.4) is 0 Å². The number of hydrogen-bond donors (Lipinski definition) is 0. The van der Waals surface area contributed by atoms with Gasteiger partial charge in [-0.1, -0.05) is 92.2 Å². The van der Waals surface area contributed by atoms with Gasteiger partial charge in [-0.05, 0) is 132 Å². The maximum absolute atomic E-state index is 13.6. The number of unbranched alkanes of at least 4 members (excludes halogenated alkanes) is 6. The Morgan fingerprint density at radius 2 is 0.925 bits per heavy atom. The molecular formula is C47H56O6. The molecule has 0 aliphatic heterocycles. The summed E-state index contributed by atoms with van der Waals surface area (Å²) in [6.07, 6.45) is 10.9. The second-order valence-electron chi connectivity index (χ2n) is 16.3. The topological polar surface area (TPSA) is 71.1 Å². The molecule has 4 aromatic carbocycles. The van der Waals surface area contributed by atoms with E-state index in [1.165, 1.54) is 36.8 Å². The standard InChI is InChI=1S/C47H56O6/c1-7-9-11-13-27-50-35-18-15-33(16-19-35)43(48)53-38-24-26-40-42(30-38)47(32-46(40,5)6)31-45(3,4)39-25-17-34(29-41(39)47)44(49)52-37-22-20-36(21-23-37)51-28-14-12-10-8-2/h15-26,29-30H,7-14,27-28,31-32H2,1-6H3. The number of carbonyl (C=O) groups excluding carboxylic acids is 2. The maximum Gasteiger partial charge on any atom is 0.343 e. The molecule has 280 valence electrons. The Balaban J connectivity index is 1.20. The Bertz CT molecular complexity index is 1880. The van der Waals surface area contributed by atoms with E-state index in [9.17, 15) is 9.59 Å². The monoisotopic (exact) mass is 716 g/mol. The van der Waals surface area contributed by atoms with Gasteiger partial charge < -0.3 is 18.9 Å². The van der Waals surface area contributed by atoms with E-state index in [-0.39, 0.29) is 16.2 Å². The fourth-order valence-corrected chi connectivity index (χ4v) is 8.58. The largest absolute Gasteiger partial charge is 0.494 e. The molecule has 0 saturated carbocycles. The van der Waals surface area contributed by atoms with Gasteiger partial charge in [-0.3, -0.25) is 0 Å². The van der Waals surface area contributed by atoms with Crippen LogP contribution in [0.2, 0.25) is 0 Å². The number of fused-ring (bicyclic) bond motifs is 4. The normalized spacial score (nSPS) is 17.6. The van der Waals surface area contributed by atoms with Crippen LogP contribution in [0.25, 0.3) is 0 Å². The molecule has 6 rings (SSSR count). The SMILES string of the molecule is CCCCCCOc1ccc(OC(=O)c2ccc3c(c2)C2(CC(C)(C)c4ccc(OC(=O)c5ccc(OCCCCCC)cc5)cc42)CC3(C)C)cc1. The Morgan fingerprint density at radius 3 is 1.49 bits per heavy atom. The quantitative estimate of drug-likeness (QED) is 0.0653. The molecule has 2 aliphatic rings. The smallest absolute Gasteiger partial charge is 0.343 e. The minimum Gasteiger partial charge on any atom is -0.494 e. The highest BCUT2D eigenvalue weighted by Crippen LogP contribution is 2.63. The zero-order valence-corrected chi connectivity index (χ0v) is 32.5. The van der Waals surface area contributed by atoms with Gasteiger partial charge in [-0.15, -0.1) is 0 Å². The molecule has 0 amide bonds. The van der Waals surface area contributed by atoms with E-state index in [0.29, 0.717) is 35.8 Å². The third-order valence-corrected chi connectivity index (χ3v) is 11.1. The van der Waals surface area contributed by atoms with Crippen LogP contribution in [0.15, 0.2) is 84.9 Å². The molecule has 0 fully saturated rings. The van der Waals surface area contributed by atoms with E-state index in [1.807, 2.05) is 42.5 Å². The van der Waals surface area contributed by atoms with Crippen LogP contribution >= 0.6 is 0 Å². The van der Waals surface area contributed by atoms with Gasteiger partial charge in [0.2, 0.25) is 0 Å². The summed E-state index contributed by atoms with van der Waals surface area (Å²) in [4.78, 5) is 27.0. The van der Waals surface area contributed by atoms with Gasteiger partial charge in [-0.25, -0.2) is 9.59 Å². The molecule has 1 unspecified atom stereocenters. The average molecular weight is 717 g/mol. The Labute approximate surface area is 316 Å². The Morgan fingerprint density at radius 1 is 0.491 bits per heavy atom. The Kier molecular flexibility index (Phi) is 11.7. The van der Waals surface area contributed by atoms with Crippen molar-refractivity contribution in [3.8, 4) is 23.0 Å². The van der Waals surface area contributed by atoms with Crippen LogP contribution in [-0.2, 0) is 16.2 Å². The van der Waals surface area contributed by atoms with Crippen molar-refractivity contribution in [3.63, 3.8) is 0 Å². The van der Waals surface area contributed by atoms with Crippen LogP contribution in [0.5, 0.6) is 23.0 Å². The third-order valence-electron chi connectivity index (χ3n) is 11.1. The van der Waals surface area contributed by atoms with Gasteiger partial charge in [0.1, 0.15) is 23.0 Å². The lowest BCUT2D eigenvalue weighted by atomic mass is 9.72. The Hall–Kier alpha value is -4.58. The van der Waals surface area contributed by atoms with Gasteiger partial charge in [0.05, 0.1) is 24.3 Å². The van der Waals surface area contributed by atoms with E-state index in [4.69, 9.17) is 18.9 Å². The molecule has 0 heterocycles. The first kappa shape index (κ1) is 38.2. The fraction of sp³-hybridized carbons (Fsp3) is 0.447. The lowest BCUT2D eigenvalue weighted by Crippen LogP contribution is -2.27. The zero-order valence-electron chi connectivity index (χ0n) is 32.5. The number of benzene rings is 4. The van der Waals surface area contributed by atoms with E-state index < -0.39 is 11.9 Å². The molecule has 53 heavy (non-hydrogen) atoms. The molecule has 4 aromatic rings. The van der Waals surface area contributed by atoms with Gasteiger partial charge in [0.15, 0.2) is 0 Å². The van der Waals surface area contributed by atoms with Crippen molar-refractivity contribution in [1.29, 1.82) is 0 Å². The molecule has 1 spiro atoms. The summed E-state index contributed by atoms with van der Waals surface area (Å²) in [5, 5.41) is 0. The lowest BCUT2D eigenvalue weighted by Gasteiger charge is -2.30. The lowest BCUT2D eigenvalue weighted by molar-refractivity contribution is 0.0724. The van der Waals surface area contributed by atoms with E-state index in [2.05, 4.69) is 59.7 Å².